The zero-order valence-electron chi connectivity index (χ0n) is 9.88. The van der Waals surface area contributed by atoms with Crippen molar-refractivity contribution in [3.05, 3.63) is 57.8 Å². The van der Waals surface area contributed by atoms with Gasteiger partial charge >= 0.3 is 0 Å². The molecule has 0 heterocycles. The highest BCUT2D eigenvalue weighted by molar-refractivity contribution is 9.10. The number of nitrogens with two attached hydrogens (primary N) is 1. The van der Waals surface area contributed by atoms with Gasteiger partial charge in [0.05, 0.1) is 16.9 Å². The molecule has 0 spiro atoms. The number of benzene rings is 2. The van der Waals surface area contributed by atoms with E-state index in [0.717, 1.165) is 12.1 Å². The van der Waals surface area contributed by atoms with Gasteiger partial charge in [0, 0.05) is 10.5 Å². The van der Waals surface area contributed by atoms with E-state index in [1.807, 2.05) is 0 Å². The number of carbonyl (C=O) groups excluding carboxylic acids is 1. The Morgan fingerprint density at radius 3 is 2.45 bits per heavy atom. The molecule has 0 bridgehead atoms. The molecule has 20 heavy (non-hydrogen) atoms. The lowest BCUT2D eigenvalue weighted by Gasteiger charge is -2.08. The van der Waals surface area contributed by atoms with Crippen LogP contribution in [0.15, 0.2) is 34.8 Å². The fourth-order valence-corrected chi connectivity index (χ4v) is 1.88. The van der Waals surface area contributed by atoms with Crippen LogP contribution >= 0.6 is 15.9 Å². The predicted octanol–water partition coefficient (Wildman–Crippen LogP) is 3.70. The Balaban J connectivity index is 2.33. The maximum Gasteiger partial charge on any atom is 0.258 e. The fourth-order valence-electron chi connectivity index (χ4n) is 1.52. The van der Waals surface area contributed by atoms with E-state index < -0.39 is 28.9 Å². The second-order valence-electron chi connectivity index (χ2n) is 3.93. The number of amides is 1. The summed E-state index contributed by atoms with van der Waals surface area (Å²) in [6.07, 6.45) is 0. The van der Waals surface area contributed by atoms with Crippen molar-refractivity contribution >= 4 is 33.2 Å². The first-order valence-corrected chi connectivity index (χ1v) is 6.18. The van der Waals surface area contributed by atoms with Gasteiger partial charge in [-0.25, -0.2) is 13.2 Å². The first-order valence-electron chi connectivity index (χ1n) is 5.39. The molecule has 0 atom stereocenters. The van der Waals surface area contributed by atoms with Gasteiger partial charge in [-0.15, -0.1) is 0 Å². The van der Waals surface area contributed by atoms with Gasteiger partial charge in [0.15, 0.2) is 0 Å². The van der Waals surface area contributed by atoms with Crippen molar-refractivity contribution < 1.29 is 18.0 Å². The predicted molar refractivity (Wildman–Crippen MR) is 72.8 cm³/mol. The number of hydrogen-bond acceptors (Lipinski definition) is 2. The van der Waals surface area contributed by atoms with E-state index in [4.69, 9.17) is 5.73 Å². The Morgan fingerprint density at radius 1 is 1.05 bits per heavy atom. The molecular weight excluding hydrogens is 337 g/mol. The van der Waals surface area contributed by atoms with E-state index in [2.05, 4.69) is 21.2 Å². The summed E-state index contributed by atoms with van der Waals surface area (Å²) in [4.78, 5) is 11.9. The maximum atomic E-state index is 13.5. The lowest BCUT2D eigenvalue weighted by Crippen LogP contribution is -2.15. The maximum absolute atomic E-state index is 13.5. The van der Waals surface area contributed by atoms with Crippen molar-refractivity contribution in [1.82, 2.24) is 0 Å². The third-order valence-electron chi connectivity index (χ3n) is 2.51. The van der Waals surface area contributed by atoms with E-state index in [0.29, 0.717) is 10.5 Å². The molecule has 1 amide bonds. The van der Waals surface area contributed by atoms with Crippen LogP contribution in [0.3, 0.4) is 0 Å². The van der Waals surface area contributed by atoms with Crippen LogP contribution in [0.5, 0.6) is 0 Å². The highest BCUT2D eigenvalue weighted by Crippen LogP contribution is 2.22. The minimum atomic E-state index is -1.08. The summed E-state index contributed by atoms with van der Waals surface area (Å²) in [6, 6.07) is 5.26. The zero-order chi connectivity index (χ0) is 14.9. The molecule has 0 saturated heterocycles. The molecule has 2 rings (SSSR count). The third kappa shape index (κ3) is 2.93. The Hall–Kier alpha value is -2.02. The molecule has 0 unspecified atom stereocenters. The van der Waals surface area contributed by atoms with Crippen LogP contribution in [0, 0.1) is 17.5 Å². The van der Waals surface area contributed by atoms with E-state index in [1.165, 1.54) is 12.1 Å². The van der Waals surface area contributed by atoms with Crippen LogP contribution in [0.4, 0.5) is 24.5 Å². The normalized spacial score (nSPS) is 10.4. The number of anilines is 2. The van der Waals surface area contributed by atoms with Crippen LogP contribution in [0.1, 0.15) is 10.4 Å². The average molecular weight is 345 g/mol. The van der Waals surface area contributed by atoms with Crippen molar-refractivity contribution in [2.75, 3.05) is 11.1 Å². The van der Waals surface area contributed by atoms with Gasteiger partial charge in [-0.1, -0.05) is 15.9 Å². The molecular formula is C13H8BrF3N2O. The lowest BCUT2D eigenvalue weighted by atomic mass is 10.1. The quantitative estimate of drug-likeness (QED) is 0.816. The van der Waals surface area contributed by atoms with Crippen LogP contribution in [-0.4, -0.2) is 5.91 Å². The van der Waals surface area contributed by atoms with Crippen molar-refractivity contribution in [1.29, 1.82) is 0 Å². The molecule has 2 aromatic carbocycles. The van der Waals surface area contributed by atoms with Gasteiger partial charge in [0.25, 0.3) is 5.91 Å². The van der Waals surface area contributed by atoms with Crippen molar-refractivity contribution in [3.8, 4) is 0 Å². The number of hydrogen-bond donors (Lipinski definition) is 2. The first kappa shape index (κ1) is 14.4. The van der Waals surface area contributed by atoms with Gasteiger partial charge in [0.1, 0.15) is 17.5 Å². The number of rotatable bonds is 2. The second-order valence-corrected chi connectivity index (χ2v) is 4.85. The highest BCUT2D eigenvalue weighted by Gasteiger charge is 2.16. The molecule has 2 aromatic rings. The summed E-state index contributed by atoms with van der Waals surface area (Å²) in [5.41, 5.74) is 4.30. The SMILES string of the molecule is Nc1cc(C(=O)Nc2cc(Br)ccc2F)c(F)cc1F. The third-order valence-corrected chi connectivity index (χ3v) is 3.00. The van der Waals surface area contributed by atoms with E-state index >= 15 is 0 Å². The van der Waals surface area contributed by atoms with Crippen molar-refractivity contribution in [2.24, 2.45) is 0 Å². The molecule has 0 aromatic heterocycles. The van der Waals surface area contributed by atoms with E-state index in [-0.39, 0.29) is 11.4 Å². The summed E-state index contributed by atoms with van der Waals surface area (Å²) < 4.78 is 40.5. The molecule has 3 N–H and O–H groups in total. The van der Waals surface area contributed by atoms with Gasteiger partial charge in [-0.2, -0.15) is 0 Å². The standard InChI is InChI=1S/C13H8BrF3N2O/c14-6-1-2-8(15)12(3-6)19-13(20)7-4-11(18)10(17)5-9(7)16/h1-5H,18H2,(H,19,20). The number of carbonyl (C=O) groups is 1. The van der Waals surface area contributed by atoms with Crippen LogP contribution in [0.25, 0.3) is 0 Å². The molecule has 0 aliphatic rings. The average Bonchev–Trinajstić information content (AvgIpc) is 2.38. The van der Waals surface area contributed by atoms with E-state index in [9.17, 15) is 18.0 Å². The minimum absolute atomic E-state index is 0.133. The van der Waals surface area contributed by atoms with Gasteiger partial charge in [-0.3, -0.25) is 4.79 Å². The topological polar surface area (TPSA) is 55.1 Å². The molecule has 7 heteroatoms. The Kier molecular flexibility index (Phi) is 3.99. The molecule has 0 fully saturated rings. The Labute approximate surface area is 120 Å². The van der Waals surface area contributed by atoms with Crippen LogP contribution in [-0.2, 0) is 0 Å². The smallest absolute Gasteiger partial charge is 0.258 e. The number of nitrogens with one attached hydrogen (secondary N) is 1. The highest BCUT2D eigenvalue weighted by atomic mass is 79.9. The molecule has 0 aliphatic heterocycles. The monoisotopic (exact) mass is 344 g/mol. The Morgan fingerprint density at radius 2 is 1.75 bits per heavy atom. The lowest BCUT2D eigenvalue weighted by molar-refractivity contribution is 0.102. The zero-order valence-corrected chi connectivity index (χ0v) is 11.5. The molecule has 0 aliphatic carbocycles. The summed E-state index contributed by atoms with van der Waals surface area (Å²) in [5, 5.41) is 2.19. The van der Waals surface area contributed by atoms with Gasteiger partial charge < -0.3 is 11.1 Å². The summed E-state index contributed by atoms with van der Waals surface area (Å²) in [6.45, 7) is 0. The minimum Gasteiger partial charge on any atom is -0.396 e. The molecule has 3 nitrogen and oxygen atoms in total. The Bertz CT molecular complexity index is 692. The van der Waals surface area contributed by atoms with Crippen LogP contribution < -0.4 is 11.1 Å². The fraction of sp³-hybridized carbons (Fsp3) is 0. The second kappa shape index (κ2) is 5.54. The molecule has 0 radical (unpaired) electrons. The molecule has 104 valence electrons. The van der Waals surface area contributed by atoms with Gasteiger partial charge in [0.2, 0.25) is 0 Å². The summed E-state index contributed by atoms with van der Waals surface area (Å²) in [7, 11) is 0. The van der Waals surface area contributed by atoms with Crippen molar-refractivity contribution in [3.63, 3.8) is 0 Å². The number of nitrogen functional groups attached to an aromatic ring is 1. The van der Waals surface area contributed by atoms with Gasteiger partial charge in [-0.05, 0) is 24.3 Å². The van der Waals surface area contributed by atoms with E-state index in [1.54, 1.807) is 0 Å². The summed E-state index contributed by atoms with van der Waals surface area (Å²) >= 11 is 3.12. The molecule has 0 saturated carbocycles. The largest absolute Gasteiger partial charge is 0.396 e. The summed E-state index contributed by atoms with van der Waals surface area (Å²) in [5.74, 6) is -3.65. The first-order chi connectivity index (χ1) is 9.38. The van der Waals surface area contributed by atoms with Crippen LogP contribution in [0.2, 0.25) is 0 Å². The number of halogens is 4. The van der Waals surface area contributed by atoms with Crippen molar-refractivity contribution in [2.45, 2.75) is 0 Å².